The molecular weight excluding hydrogens is 244 g/mol. The Labute approximate surface area is 127 Å². The van der Waals surface area contributed by atoms with E-state index in [2.05, 4.69) is 38.2 Å². The summed E-state index contributed by atoms with van der Waals surface area (Å²) in [6, 6.07) is 0. The second-order valence-electron chi connectivity index (χ2n) is 5.74. The first kappa shape index (κ1) is 19.4. The molecule has 0 aromatic carbocycles. The van der Waals surface area contributed by atoms with Crippen LogP contribution >= 0.6 is 0 Å². The summed E-state index contributed by atoms with van der Waals surface area (Å²) in [5, 5.41) is 9.86. The summed E-state index contributed by atoms with van der Waals surface area (Å²) in [5.41, 5.74) is 0. The topological polar surface area (TPSA) is 20.2 Å². The molecule has 20 heavy (non-hydrogen) atoms. The third kappa shape index (κ3) is 15.5. The molecule has 0 bridgehead atoms. The van der Waals surface area contributed by atoms with Crippen molar-refractivity contribution in [3.8, 4) is 0 Å². The molecule has 0 atom stereocenters. The molecule has 0 spiro atoms. The highest BCUT2D eigenvalue weighted by Gasteiger charge is 2.00. The van der Waals surface area contributed by atoms with Gasteiger partial charge in [0.2, 0.25) is 0 Å². The molecule has 0 unspecified atom stereocenters. The number of unbranched alkanes of at least 4 members (excludes halogenated alkanes) is 6. The van der Waals surface area contributed by atoms with E-state index in [0.29, 0.717) is 0 Å². The molecule has 0 aromatic heterocycles. The van der Waals surface area contributed by atoms with Gasteiger partial charge in [-0.15, -0.1) is 0 Å². The number of allylic oxidation sites excluding steroid dienone is 4. The average molecular weight is 280 g/mol. The monoisotopic (exact) mass is 280 g/mol. The minimum absolute atomic E-state index is 0.129. The molecule has 1 heteroatoms. The zero-order valence-electron chi connectivity index (χ0n) is 13.8. The van der Waals surface area contributed by atoms with Gasteiger partial charge >= 0.3 is 0 Å². The minimum atomic E-state index is -0.129. The van der Waals surface area contributed by atoms with E-state index in [0.717, 1.165) is 25.7 Å². The number of rotatable bonds is 14. The maximum absolute atomic E-state index is 9.86. The summed E-state index contributed by atoms with van der Waals surface area (Å²) in [5.74, 6) is 0. The summed E-state index contributed by atoms with van der Waals surface area (Å²) < 4.78 is 0. The van der Waals surface area contributed by atoms with Crippen molar-refractivity contribution in [1.82, 2.24) is 0 Å². The summed E-state index contributed by atoms with van der Waals surface area (Å²) >= 11 is 0. The fraction of sp³-hybridized carbons (Fsp3) is 0.789. The van der Waals surface area contributed by atoms with Gasteiger partial charge in [0.1, 0.15) is 0 Å². The van der Waals surface area contributed by atoms with Gasteiger partial charge in [-0.2, -0.15) is 0 Å². The predicted octanol–water partition coefficient (Wildman–Crippen LogP) is 6.18. The second-order valence-corrected chi connectivity index (χ2v) is 5.74. The van der Waals surface area contributed by atoms with Crippen LogP contribution in [-0.4, -0.2) is 11.2 Å². The molecule has 0 aromatic rings. The zero-order valence-corrected chi connectivity index (χ0v) is 13.8. The molecule has 0 aliphatic heterocycles. The Morgan fingerprint density at radius 3 is 1.45 bits per heavy atom. The number of aliphatic hydroxyl groups excluding tert-OH is 1. The van der Waals surface area contributed by atoms with E-state index in [9.17, 15) is 5.11 Å². The van der Waals surface area contributed by atoms with E-state index in [1.54, 1.807) is 0 Å². The molecule has 0 fully saturated rings. The largest absolute Gasteiger partial charge is 0.393 e. The molecule has 0 rings (SSSR count). The molecule has 0 heterocycles. The summed E-state index contributed by atoms with van der Waals surface area (Å²) in [4.78, 5) is 0. The van der Waals surface area contributed by atoms with Crippen molar-refractivity contribution in [2.45, 2.75) is 97.0 Å². The molecule has 1 N–H and O–H groups in total. The molecule has 0 radical (unpaired) electrons. The van der Waals surface area contributed by atoms with Gasteiger partial charge in [0, 0.05) is 0 Å². The Hall–Kier alpha value is -0.560. The van der Waals surface area contributed by atoms with Crippen LogP contribution in [0.15, 0.2) is 24.3 Å². The highest BCUT2D eigenvalue weighted by molar-refractivity contribution is 4.84. The number of hydrogen-bond acceptors (Lipinski definition) is 1. The predicted molar refractivity (Wildman–Crippen MR) is 91.0 cm³/mol. The average Bonchev–Trinajstić information content (AvgIpc) is 2.45. The van der Waals surface area contributed by atoms with Crippen molar-refractivity contribution >= 4 is 0 Å². The van der Waals surface area contributed by atoms with E-state index in [1.807, 2.05) is 0 Å². The highest BCUT2D eigenvalue weighted by Crippen LogP contribution is 2.08. The maximum Gasteiger partial charge on any atom is 0.0546 e. The van der Waals surface area contributed by atoms with E-state index in [1.165, 1.54) is 51.4 Å². The Balaban J connectivity index is 3.33. The lowest BCUT2D eigenvalue weighted by Crippen LogP contribution is -2.04. The first-order valence-corrected chi connectivity index (χ1v) is 8.79. The van der Waals surface area contributed by atoms with Crippen LogP contribution in [0.5, 0.6) is 0 Å². The Bertz CT molecular complexity index is 206. The molecule has 0 saturated heterocycles. The third-order valence-corrected chi connectivity index (χ3v) is 3.62. The fourth-order valence-electron chi connectivity index (χ4n) is 2.22. The summed E-state index contributed by atoms with van der Waals surface area (Å²) in [7, 11) is 0. The smallest absolute Gasteiger partial charge is 0.0546 e. The molecule has 0 aliphatic rings. The SMILES string of the molecule is CCCCC/C=C/CCC(O)CC/C=C/CCCCC. The normalized spacial score (nSPS) is 12.2. The minimum Gasteiger partial charge on any atom is -0.393 e. The Morgan fingerprint density at radius 2 is 1.05 bits per heavy atom. The van der Waals surface area contributed by atoms with Crippen LogP contribution in [0.25, 0.3) is 0 Å². The van der Waals surface area contributed by atoms with Crippen molar-refractivity contribution < 1.29 is 5.11 Å². The van der Waals surface area contributed by atoms with Crippen LogP contribution < -0.4 is 0 Å². The zero-order chi connectivity index (χ0) is 14.9. The van der Waals surface area contributed by atoms with E-state index in [-0.39, 0.29) is 6.10 Å². The molecule has 0 amide bonds. The highest BCUT2D eigenvalue weighted by atomic mass is 16.3. The standard InChI is InChI=1S/C19H36O/c1-3-5-7-9-11-13-15-17-19(20)18-16-14-12-10-8-6-4-2/h11-14,19-20H,3-10,15-18H2,1-2H3/b13-11+,14-12+. The lowest BCUT2D eigenvalue weighted by atomic mass is 10.1. The Morgan fingerprint density at radius 1 is 0.650 bits per heavy atom. The number of hydrogen-bond donors (Lipinski definition) is 1. The van der Waals surface area contributed by atoms with Crippen LogP contribution in [0.1, 0.15) is 90.9 Å². The lowest BCUT2D eigenvalue weighted by molar-refractivity contribution is 0.157. The summed E-state index contributed by atoms with van der Waals surface area (Å²) in [6.07, 6.45) is 23.0. The van der Waals surface area contributed by atoms with Crippen molar-refractivity contribution in [2.75, 3.05) is 0 Å². The van der Waals surface area contributed by atoms with Crippen molar-refractivity contribution in [2.24, 2.45) is 0 Å². The van der Waals surface area contributed by atoms with Crippen molar-refractivity contribution in [1.29, 1.82) is 0 Å². The van der Waals surface area contributed by atoms with Gasteiger partial charge in [0.15, 0.2) is 0 Å². The van der Waals surface area contributed by atoms with Gasteiger partial charge in [0.25, 0.3) is 0 Å². The molecule has 0 aliphatic carbocycles. The first-order valence-electron chi connectivity index (χ1n) is 8.79. The van der Waals surface area contributed by atoms with Crippen LogP contribution in [0.3, 0.4) is 0 Å². The van der Waals surface area contributed by atoms with Crippen LogP contribution in [0.4, 0.5) is 0 Å². The molecular formula is C19H36O. The van der Waals surface area contributed by atoms with Gasteiger partial charge in [-0.1, -0.05) is 63.8 Å². The molecule has 118 valence electrons. The summed E-state index contributed by atoms with van der Waals surface area (Å²) in [6.45, 7) is 4.47. The van der Waals surface area contributed by atoms with E-state index in [4.69, 9.17) is 0 Å². The van der Waals surface area contributed by atoms with Gasteiger partial charge < -0.3 is 5.11 Å². The first-order chi connectivity index (χ1) is 9.81. The van der Waals surface area contributed by atoms with Crippen LogP contribution in [0.2, 0.25) is 0 Å². The van der Waals surface area contributed by atoms with Gasteiger partial charge in [-0.05, 0) is 51.4 Å². The van der Waals surface area contributed by atoms with Gasteiger partial charge in [-0.3, -0.25) is 0 Å². The van der Waals surface area contributed by atoms with E-state index >= 15 is 0 Å². The second kappa shape index (κ2) is 16.5. The van der Waals surface area contributed by atoms with Crippen molar-refractivity contribution in [3.05, 3.63) is 24.3 Å². The van der Waals surface area contributed by atoms with Gasteiger partial charge in [0.05, 0.1) is 6.10 Å². The van der Waals surface area contributed by atoms with Crippen LogP contribution in [-0.2, 0) is 0 Å². The molecule has 1 nitrogen and oxygen atoms in total. The van der Waals surface area contributed by atoms with Crippen LogP contribution in [0, 0.1) is 0 Å². The lowest BCUT2D eigenvalue weighted by Gasteiger charge is -2.06. The van der Waals surface area contributed by atoms with Gasteiger partial charge in [-0.25, -0.2) is 0 Å². The molecule has 0 saturated carbocycles. The van der Waals surface area contributed by atoms with Crippen molar-refractivity contribution in [3.63, 3.8) is 0 Å². The maximum atomic E-state index is 9.86. The Kier molecular flexibility index (Phi) is 16.0. The fourth-order valence-corrected chi connectivity index (χ4v) is 2.22. The quantitative estimate of drug-likeness (QED) is 0.297. The third-order valence-electron chi connectivity index (χ3n) is 3.62. The number of aliphatic hydroxyl groups is 1. The van der Waals surface area contributed by atoms with E-state index < -0.39 is 0 Å².